The van der Waals surface area contributed by atoms with Crippen molar-refractivity contribution < 1.29 is 9.59 Å². The molecular formula is C19H30ClN3O2. The van der Waals surface area contributed by atoms with Crippen LogP contribution in [0, 0.1) is 0 Å². The lowest BCUT2D eigenvalue weighted by Crippen LogP contribution is -2.54. The maximum Gasteiger partial charge on any atom is 0.245 e. The molecule has 5 nitrogen and oxygen atoms in total. The number of nitrogens with one attached hydrogen (secondary N) is 2. The Morgan fingerprint density at radius 1 is 1.28 bits per heavy atom. The number of amides is 2. The third kappa shape index (κ3) is 6.67. The molecule has 0 aliphatic carbocycles. The third-order valence-electron chi connectivity index (χ3n) is 4.56. The summed E-state index contributed by atoms with van der Waals surface area (Å²) in [7, 11) is 1.93. The molecule has 0 aromatic heterocycles. The van der Waals surface area contributed by atoms with Gasteiger partial charge in [-0.25, -0.2) is 0 Å². The number of carbonyl (C=O) groups is 2. The lowest BCUT2D eigenvalue weighted by molar-refractivity contribution is -0.137. The lowest BCUT2D eigenvalue weighted by Gasteiger charge is -2.35. The molecule has 2 N–H and O–H groups in total. The SMILES string of the molecule is CCCC(NC(=O)Cc1ccccc1)C(=O)N1CCCC(NC)C1.Cl. The van der Waals surface area contributed by atoms with Crippen molar-refractivity contribution in [1.82, 2.24) is 15.5 Å². The number of likely N-dealkylation sites (N-methyl/N-ethyl adjacent to an activating group) is 1. The molecule has 1 aliphatic rings. The number of piperidine rings is 1. The summed E-state index contributed by atoms with van der Waals surface area (Å²) in [5.74, 6) is -0.0339. The van der Waals surface area contributed by atoms with Crippen LogP contribution in [0.1, 0.15) is 38.2 Å². The number of halogens is 1. The number of rotatable bonds is 7. The van der Waals surface area contributed by atoms with Crippen LogP contribution in [-0.2, 0) is 16.0 Å². The number of hydrogen-bond acceptors (Lipinski definition) is 3. The molecule has 2 amide bonds. The van der Waals surface area contributed by atoms with Gasteiger partial charge in [-0.1, -0.05) is 43.7 Å². The zero-order chi connectivity index (χ0) is 17.4. The second kappa shape index (κ2) is 11.1. The predicted molar refractivity (Wildman–Crippen MR) is 103 cm³/mol. The molecule has 0 spiro atoms. The van der Waals surface area contributed by atoms with E-state index in [2.05, 4.69) is 10.6 Å². The van der Waals surface area contributed by atoms with Crippen LogP contribution in [-0.4, -0.2) is 48.9 Å². The summed E-state index contributed by atoms with van der Waals surface area (Å²) >= 11 is 0. The average Bonchev–Trinajstić information content (AvgIpc) is 2.61. The summed E-state index contributed by atoms with van der Waals surface area (Å²) in [6, 6.07) is 9.56. The van der Waals surface area contributed by atoms with E-state index >= 15 is 0 Å². The standard InChI is InChI=1S/C19H29N3O2.ClH/c1-3-8-17(19(24)22-12-7-11-16(14-22)20-2)21-18(23)13-15-9-5-4-6-10-15;/h4-6,9-10,16-17,20H,3,7-8,11-14H2,1-2H3,(H,21,23);1H. The molecule has 2 unspecified atom stereocenters. The number of carbonyl (C=O) groups excluding carboxylic acids is 2. The molecule has 1 aromatic rings. The van der Waals surface area contributed by atoms with Crippen LogP contribution in [0.4, 0.5) is 0 Å². The van der Waals surface area contributed by atoms with Crippen molar-refractivity contribution in [2.45, 2.75) is 51.1 Å². The van der Waals surface area contributed by atoms with Crippen molar-refractivity contribution >= 4 is 24.2 Å². The summed E-state index contributed by atoms with van der Waals surface area (Å²) in [6.07, 6.45) is 3.96. The van der Waals surface area contributed by atoms with Crippen molar-refractivity contribution in [1.29, 1.82) is 0 Å². The molecule has 1 saturated heterocycles. The van der Waals surface area contributed by atoms with E-state index in [0.29, 0.717) is 18.9 Å². The van der Waals surface area contributed by atoms with Gasteiger partial charge in [-0.3, -0.25) is 9.59 Å². The maximum atomic E-state index is 12.8. The molecule has 25 heavy (non-hydrogen) atoms. The van der Waals surface area contributed by atoms with Crippen LogP contribution in [0.2, 0.25) is 0 Å². The van der Waals surface area contributed by atoms with Gasteiger partial charge in [0.05, 0.1) is 6.42 Å². The predicted octanol–water partition coefficient (Wildman–Crippen LogP) is 2.15. The molecule has 1 heterocycles. The van der Waals surface area contributed by atoms with E-state index in [0.717, 1.165) is 37.9 Å². The van der Waals surface area contributed by atoms with Crippen LogP contribution in [0.15, 0.2) is 30.3 Å². The summed E-state index contributed by atoms with van der Waals surface area (Å²) in [6.45, 7) is 3.55. The van der Waals surface area contributed by atoms with E-state index in [4.69, 9.17) is 0 Å². The summed E-state index contributed by atoms with van der Waals surface area (Å²) < 4.78 is 0. The Kier molecular flexibility index (Phi) is 9.53. The molecule has 1 aliphatic heterocycles. The summed E-state index contributed by atoms with van der Waals surface area (Å²) in [5, 5.41) is 6.20. The van der Waals surface area contributed by atoms with E-state index in [9.17, 15) is 9.59 Å². The fourth-order valence-electron chi connectivity index (χ4n) is 3.21. The second-order valence-corrected chi connectivity index (χ2v) is 6.48. The Morgan fingerprint density at radius 3 is 2.64 bits per heavy atom. The van der Waals surface area contributed by atoms with Crippen LogP contribution in [0.5, 0.6) is 0 Å². The molecule has 140 valence electrons. The number of likely N-dealkylation sites (tertiary alicyclic amines) is 1. The Labute approximate surface area is 157 Å². The summed E-state index contributed by atoms with van der Waals surface area (Å²) in [5.41, 5.74) is 0.964. The van der Waals surface area contributed by atoms with Gasteiger partial charge < -0.3 is 15.5 Å². The number of benzene rings is 1. The molecular weight excluding hydrogens is 338 g/mol. The summed E-state index contributed by atoms with van der Waals surface area (Å²) in [4.78, 5) is 27.0. The van der Waals surface area contributed by atoms with E-state index in [1.165, 1.54) is 0 Å². The zero-order valence-electron chi connectivity index (χ0n) is 15.2. The molecule has 2 rings (SSSR count). The molecule has 0 radical (unpaired) electrons. The topological polar surface area (TPSA) is 61.4 Å². The minimum atomic E-state index is -0.415. The highest BCUT2D eigenvalue weighted by atomic mass is 35.5. The lowest BCUT2D eigenvalue weighted by atomic mass is 10.0. The molecule has 1 fully saturated rings. The first-order valence-electron chi connectivity index (χ1n) is 8.93. The normalized spacial score (nSPS) is 18.2. The Morgan fingerprint density at radius 2 is 2.00 bits per heavy atom. The maximum absolute atomic E-state index is 12.8. The highest BCUT2D eigenvalue weighted by molar-refractivity contribution is 5.88. The zero-order valence-corrected chi connectivity index (χ0v) is 16.0. The molecule has 2 atom stereocenters. The largest absolute Gasteiger partial charge is 0.344 e. The van der Waals surface area contributed by atoms with Gasteiger partial charge in [-0.05, 0) is 31.9 Å². The van der Waals surface area contributed by atoms with Gasteiger partial charge in [0.25, 0.3) is 0 Å². The number of hydrogen-bond donors (Lipinski definition) is 2. The Balaban J connectivity index is 0.00000312. The van der Waals surface area contributed by atoms with Gasteiger partial charge >= 0.3 is 0 Å². The molecule has 6 heteroatoms. The van der Waals surface area contributed by atoms with E-state index in [-0.39, 0.29) is 24.2 Å². The van der Waals surface area contributed by atoms with Crippen molar-refractivity contribution in [3.05, 3.63) is 35.9 Å². The highest BCUT2D eigenvalue weighted by Gasteiger charge is 2.28. The van der Waals surface area contributed by atoms with Gasteiger partial charge in [-0.2, -0.15) is 0 Å². The third-order valence-corrected chi connectivity index (χ3v) is 4.56. The molecule has 0 saturated carbocycles. The molecule has 0 bridgehead atoms. The first kappa shape index (κ1) is 21.5. The van der Waals surface area contributed by atoms with E-state index in [1.807, 2.05) is 49.2 Å². The Hall–Kier alpha value is -1.59. The van der Waals surface area contributed by atoms with Crippen LogP contribution < -0.4 is 10.6 Å². The Bertz CT molecular complexity index is 539. The minimum absolute atomic E-state index is 0. The van der Waals surface area contributed by atoms with Crippen molar-refractivity contribution in [3.63, 3.8) is 0 Å². The fourth-order valence-corrected chi connectivity index (χ4v) is 3.21. The highest BCUT2D eigenvalue weighted by Crippen LogP contribution is 2.13. The first-order chi connectivity index (χ1) is 11.6. The van der Waals surface area contributed by atoms with Gasteiger partial charge in [0.15, 0.2) is 0 Å². The van der Waals surface area contributed by atoms with Crippen molar-refractivity contribution in [2.24, 2.45) is 0 Å². The first-order valence-corrected chi connectivity index (χ1v) is 8.93. The van der Waals surface area contributed by atoms with Gasteiger partial charge in [0.2, 0.25) is 11.8 Å². The minimum Gasteiger partial charge on any atom is -0.344 e. The fraction of sp³-hybridized carbons (Fsp3) is 0.579. The molecule has 1 aromatic carbocycles. The van der Waals surface area contributed by atoms with Crippen LogP contribution in [0.25, 0.3) is 0 Å². The smallest absolute Gasteiger partial charge is 0.245 e. The van der Waals surface area contributed by atoms with E-state index in [1.54, 1.807) is 0 Å². The average molecular weight is 368 g/mol. The van der Waals surface area contributed by atoms with Crippen molar-refractivity contribution in [3.8, 4) is 0 Å². The van der Waals surface area contributed by atoms with Gasteiger partial charge in [0, 0.05) is 19.1 Å². The van der Waals surface area contributed by atoms with Gasteiger partial charge in [0.1, 0.15) is 6.04 Å². The second-order valence-electron chi connectivity index (χ2n) is 6.48. The van der Waals surface area contributed by atoms with Gasteiger partial charge in [-0.15, -0.1) is 12.4 Å². The quantitative estimate of drug-likeness (QED) is 0.776. The van der Waals surface area contributed by atoms with E-state index < -0.39 is 6.04 Å². The van der Waals surface area contributed by atoms with Crippen molar-refractivity contribution in [2.75, 3.05) is 20.1 Å². The number of nitrogens with zero attached hydrogens (tertiary/aromatic N) is 1. The van der Waals surface area contributed by atoms with Crippen LogP contribution >= 0.6 is 12.4 Å². The van der Waals surface area contributed by atoms with Crippen LogP contribution in [0.3, 0.4) is 0 Å². The monoisotopic (exact) mass is 367 g/mol.